The molecule has 208 valence electrons. The molecule has 0 aliphatic carbocycles. The fourth-order valence-corrected chi connectivity index (χ4v) is 2.82. The van der Waals surface area contributed by atoms with E-state index < -0.39 is 65.5 Å². The first-order chi connectivity index (χ1) is 17.9. The molecule has 0 aromatic heterocycles. The van der Waals surface area contributed by atoms with Gasteiger partial charge in [-0.25, -0.2) is 4.79 Å². The normalized spacial score (nSPS) is 12.8. The molecule has 0 saturated carbocycles. The Kier molecular flexibility index (Phi) is 12.8. The van der Waals surface area contributed by atoms with Crippen molar-refractivity contribution in [1.82, 2.24) is 5.32 Å². The number of hydrogen-bond acceptors (Lipinski definition) is 13. The van der Waals surface area contributed by atoms with E-state index in [2.05, 4.69) is 10.1 Å². The van der Waals surface area contributed by atoms with Crippen LogP contribution in [-0.4, -0.2) is 91.9 Å². The van der Waals surface area contributed by atoms with Crippen molar-refractivity contribution in [2.75, 3.05) is 33.5 Å². The molecule has 16 nitrogen and oxygen atoms in total. The Hall–Kier alpha value is -4.06. The number of nitrogens with one attached hydrogen (secondary N) is 1. The molecule has 3 atom stereocenters. The molecule has 0 saturated heterocycles. The van der Waals surface area contributed by atoms with Crippen molar-refractivity contribution < 1.29 is 54.8 Å². The van der Waals surface area contributed by atoms with Crippen LogP contribution in [0.3, 0.4) is 0 Å². The van der Waals surface area contributed by atoms with Crippen LogP contribution in [0.1, 0.15) is 44.1 Å². The second-order valence-electron chi connectivity index (χ2n) is 7.58. The minimum atomic E-state index is -1.35. The molecule has 0 spiro atoms. The van der Waals surface area contributed by atoms with Crippen LogP contribution in [0.2, 0.25) is 0 Å². The number of benzene rings is 2. The average Bonchev–Trinajstić information content (AvgIpc) is 2.93. The van der Waals surface area contributed by atoms with Gasteiger partial charge in [0.05, 0.1) is 48.4 Å². The Bertz CT molecular complexity index is 1140. The number of esters is 1. The number of aliphatic hydroxyl groups excluding tert-OH is 6. The van der Waals surface area contributed by atoms with Crippen LogP contribution >= 0.6 is 0 Å². The molecule has 0 fully saturated rings. The number of carbonyl (C=O) groups is 2. The molecule has 38 heavy (non-hydrogen) atoms. The Morgan fingerprint density at radius 1 is 0.816 bits per heavy atom. The van der Waals surface area contributed by atoms with Crippen molar-refractivity contribution in [3.63, 3.8) is 0 Å². The van der Waals surface area contributed by atoms with E-state index in [1.54, 1.807) is 0 Å². The lowest BCUT2D eigenvalue weighted by molar-refractivity contribution is -0.385. The van der Waals surface area contributed by atoms with Gasteiger partial charge in [-0.1, -0.05) is 0 Å². The molecule has 0 heterocycles. The van der Waals surface area contributed by atoms with Gasteiger partial charge < -0.3 is 40.7 Å². The Morgan fingerprint density at radius 2 is 1.26 bits per heavy atom. The van der Waals surface area contributed by atoms with Gasteiger partial charge in [0.2, 0.25) is 0 Å². The molecule has 0 bridgehead atoms. The first-order valence-electron chi connectivity index (χ1n) is 10.7. The molecule has 16 heteroatoms. The first-order valence-corrected chi connectivity index (χ1v) is 10.7. The van der Waals surface area contributed by atoms with Crippen molar-refractivity contribution >= 4 is 23.3 Å². The number of methoxy groups -OCH3 is 1. The third-order valence-electron chi connectivity index (χ3n) is 4.81. The number of carbonyl (C=O) groups excluding carboxylic acids is 2. The van der Waals surface area contributed by atoms with Gasteiger partial charge in [-0.3, -0.25) is 25.0 Å². The molecule has 3 unspecified atom stereocenters. The molecule has 0 aliphatic heterocycles. The summed E-state index contributed by atoms with van der Waals surface area (Å²) in [5.74, 6) is -1.46. The second-order valence-corrected chi connectivity index (χ2v) is 7.58. The first kappa shape index (κ1) is 32.0. The molecule has 2 aromatic carbocycles. The maximum Gasteiger partial charge on any atom is 0.338 e. The maximum absolute atomic E-state index is 11.8. The molecule has 7 N–H and O–H groups in total. The van der Waals surface area contributed by atoms with E-state index in [4.69, 9.17) is 20.4 Å². The minimum absolute atomic E-state index is 0.0274. The minimum Gasteiger partial charge on any atom is -0.465 e. The van der Waals surface area contributed by atoms with E-state index in [0.717, 1.165) is 31.4 Å². The highest BCUT2D eigenvalue weighted by Crippen LogP contribution is 2.23. The van der Waals surface area contributed by atoms with E-state index in [1.807, 2.05) is 0 Å². The van der Waals surface area contributed by atoms with Crippen LogP contribution < -0.4 is 5.32 Å². The van der Waals surface area contributed by atoms with E-state index >= 15 is 0 Å². The Morgan fingerprint density at radius 3 is 1.66 bits per heavy atom. The van der Waals surface area contributed by atoms with Gasteiger partial charge in [-0.2, -0.15) is 0 Å². The van der Waals surface area contributed by atoms with Gasteiger partial charge in [0.1, 0.15) is 12.2 Å². The molecule has 2 rings (SSSR count). The third kappa shape index (κ3) is 9.43. The summed E-state index contributed by atoms with van der Waals surface area (Å²) < 4.78 is 4.43. The number of nitrogens with zero attached hydrogens (tertiary/aromatic N) is 2. The monoisotopic (exact) mass is 541 g/mol. The highest BCUT2D eigenvalue weighted by Gasteiger charge is 2.19. The topological polar surface area (TPSA) is 263 Å². The van der Waals surface area contributed by atoms with Crippen LogP contribution in [0.25, 0.3) is 0 Å². The second kappa shape index (κ2) is 15.3. The molecule has 0 aliphatic rings. The standard InChI is InChI=1S/C12H16N2O7.C10H11NO6/c15-5-10(17)4-13-12(19)8-1-7(11(18)6-16)2-9(3-8)14(20)21;1-17-10(14)7-2-6(9(13)5-12)3-8(4-7)11(15)16/h1-3,10-11,15-18H,4-6H2,(H,13,19);2-4,9,12-13H,5H2,1H3. The zero-order valence-corrected chi connectivity index (χ0v) is 20.0. The summed E-state index contributed by atoms with van der Waals surface area (Å²) in [7, 11) is 1.14. The quantitative estimate of drug-likeness (QED) is 0.103. The fourth-order valence-electron chi connectivity index (χ4n) is 2.82. The smallest absolute Gasteiger partial charge is 0.338 e. The SMILES string of the molecule is COC(=O)c1cc(C(O)CO)cc([N+](=O)[O-])c1.O=C(NCC(O)CO)c1cc(C(O)CO)cc([N+](=O)[O-])c1. The number of nitro groups is 2. The number of amides is 1. The lowest BCUT2D eigenvalue weighted by atomic mass is 10.0. The summed E-state index contributed by atoms with van der Waals surface area (Å²) in [5, 5.41) is 78.0. The number of ether oxygens (including phenoxy) is 1. The number of aliphatic hydroxyl groups is 6. The number of nitro benzene ring substituents is 2. The van der Waals surface area contributed by atoms with Gasteiger partial charge >= 0.3 is 5.97 Å². The summed E-state index contributed by atoms with van der Waals surface area (Å²) in [4.78, 5) is 43.1. The van der Waals surface area contributed by atoms with Gasteiger partial charge in [-0.15, -0.1) is 0 Å². The summed E-state index contributed by atoms with van der Waals surface area (Å²) in [6, 6.07) is 6.63. The predicted molar refractivity (Wildman–Crippen MR) is 127 cm³/mol. The summed E-state index contributed by atoms with van der Waals surface area (Å²) in [6.45, 7) is -2.01. The van der Waals surface area contributed by atoms with Crippen LogP contribution in [0.4, 0.5) is 11.4 Å². The Labute approximate surface area is 214 Å². The molecule has 0 radical (unpaired) electrons. The van der Waals surface area contributed by atoms with Gasteiger partial charge in [-0.05, 0) is 23.3 Å². The molecular formula is C22H27N3O13. The highest BCUT2D eigenvalue weighted by atomic mass is 16.6. The maximum atomic E-state index is 11.8. The van der Waals surface area contributed by atoms with E-state index in [-0.39, 0.29) is 34.5 Å². The van der Waals surface area contributed by atoms with Gasteiger partial charge in [0.15, 0.2) is 0 Å². The van der Waals surface area contributed by atoms with Crippen molar-refractivity contribution in [3.05, 3.63) is 78.9 Å². The Balaban J connectivity index is 0.000000389. The van der Waals surface area contributed by atoms with Crippen LogP contribution in [0, 0.1) is 20.2 Å². The van der Waals surface area contributed by atoms with Crippen molar-refractivity contribution in [3.8, 4) is 0 Å². The van der Waals surface area contributed by atoms with Gasteiger partial charge in [0, 0.05) is 36.4 Å². The van der Waals surface area contributed by atoms with Gasteiger partial charge in [0.25, 0.3) is 17.3 Å². The predicted octanol–water partition coefficient (Wildman–Crippen LogP) is -0.889. The van der Waals surface area contributed by atoms with E-state index in [9.17, 15) is 40.0 Å². The average molecular weight is 541 g/mol. The lowest BCUT2D eigenvalue weighted by Gasteiger charge is -2.11. The van der Waals surface area contributed by atoms with Crippen molar-refractivity contribution in [2.24, 2.45) is 0 Å². The molecule has 2 aromatic rings. The third-order valence-corrected chi connectivity index (χ3v) is 4.81. The number of non-ortho nitro benzene ring substituents is 2. The number of rotatable bonds is 11. The zero-order valence-electron chi connectivity index (χ0n) is 20.0. The summed E-state index contributed by atoms with van der Waals surface area (Å²) >= 11 is 0. The zero-order chi connectivity index (χ0) is 29.0. The fraction of sp³-hybridized carbons (Fsp3) is 0.364. The van der Waals surface area contributed by atoms with Crippen LogP contribution in [0.5, 0.6) is 0 Å². The number of hydrogen-bond donors (Lipinski definition) is 7. The summed E-state index contributed by atoms with van der Waals surface area (Å²) in [5.41, 5.74) is -0.800. The van der Waals surface area contributed by atoms with Crippen LogP contribution in [-0.2, 0) is 4.74 Å². The molecular weight excluding hydrogens is 514 g/mol. The largest absolute Gasteiger partial charge is 0.465 e. The summed E-state index contributed by atoms with van der Waals surface area (Å²) in [6.07, 6.45) is -3.77. The lowest BCUT2D eigenvalue weighted by Crippen LogP contribution is -2.34. The van der Waals surface area contributed by atoms with Crippen LogP contribution in [0.15, 0.2) is 36.4 Å². The van der Waals surface area contributed by atoms with E-state index in [0.29, 0.717) is 0 Å². The van der Waals surface area contributed by atoms with Crippen molar-refractivity contribution in [1.29, 1.82) is 0 Å². The van der Waals surface area contributed by atoms with Crippen molar-refractivity contribution in [2.45, 2.75) is 18.3 Å². The van der Waals surface area contributed by atoms with E-state index in [1.165, 1.54) is 12.1 Å². The highest BCUT2D eigenvalue weighted by molar-refractivity contribution is 5.95. The molecule has 1 amide bonds.